The van der Waals surface area contributed by atoms with E-state index in [-0.39, 0.29) is 10.6 Å². The molecule has 0 atom stereocenters. The van der Waals surface area contributed by atoms with Gasteiger partial charge in [0.05, 0.1) is 10.5 Å². The molecular weight excluding hydrogens is 240 g/mol. The minimum Gasteiger partial charge on any atom is -0.352 e. The molecule has 0 aliphatic rings. The van der Waals surface area contributed by atoms with E-state index in [0.717, 1.165) is 17.0 Å². The van der Waals surface area contributed by atoms with Crippen LogP contribution < -0.4 is 0 Å². The van der Waals surface area contributed by atoms with Gasteiger partial charge in [-0.3, -0.25) is 10.1 Å². The van der Waals surface area contributed by atoms with Gasteiger partial charge in [0.1, 0.15) is 0 Å². The highest BCUT2D eigenvalue weighted by atomic mass is 16.6. The van der Waals surface area contributed by atoms with E-state index in [1.165, 1.54) is 0 Å². The van der Waals surface area contributed by atoms with Crippen molar-refractivity contribution >= 4 is 11.8 Å². The second-order valence-electron chi connectivity index (χ2n) is 4.54. The average Bonchev–Trinajstić information content (AvgIpc) is 2.64. The summed E-state index contributed by atoms with van der Waals surface area (Å²) in [6.07, 6.45) is 1.64. The molecule has 0 N–H and O–H groups in total. The molecule has 2 aromatic rings. The lowest BCUT2D eigenvalue weighted by Gasteiger charge is -2.00. The van der Waals surface area contributed by atoms with Crippen molar-refractivity contribution in [2.24, 2.45) is 7.05 Å². The summed E-state index contributed by atoms with van der Waals surface area (Å²) in [6.45, 7) is 3.94. The summed E-state index contributed by atoms with van der Waals surface area (Å²) in [5, 5.41) is 11.2. The van der Waals surface area contributed by atoms with Gasteiger partial charge in [0, 0.05) is 30.1 Å². The van der Waals surface area contributed by atoms with Crippen LogP contribution in [0, 0.1) is 24.0 Å². The number of nitrogens with zero attached hydrogens (tertiary/aromatic N) is 2. The topological polar surface area (TPSA) is 48.1 Å². The van der Waals surface area contributed by atoms with Crippen molar-refractivity contribution < 1.29 is 4.92 Å². The quantitative estimate of drug-likeness (QED) is 0.624. The fourth-order valence-electron chi connectivity index (χ4n) is 2.03. The molecule has 1 heterocycles. The maximum atomic E-state index is 11.2. The molecule has 0 amide bonds. The van der Waals surface area contributed by atoms with Gasteiger partial charge < -0.3 is 4.57 Å². The minimum absolute atomic E-state index is 0.120. The lowest BCUT2D eigenvalue weighted by molar-refractivity contribution is -0.374. The molecule has 19 heavy (non-hydrogen) atoms. The molecular formula is C15H16N2O2. The lowest BCUT2D eigenvalue weighted by Crippen LogP contribution is -1.98. The predicted octanol–water partition coefficient (Wildman–Crippen LogP) is 3.42. The second-order valence-corrected chi connectivity index (χ2v) is 4.54. The Balaban J connectivity index is 2.54. The molecule has 0 saturated heterocycles. The first-order chi connectivity index (χ1) is 9.00. The van der Waals surface area contributed by atoms with Gasteiger partial charge in [0.25, 0.3) is 5.70 Å². The fraction of sp³-hybridized carbons (Fsp3) is 0.200. The van der Waals surface area contributed by atoms with Crippen molar-refractivity contribution in [2.45, 2.75) is 13.8 Å². The van der Waals surface area contributed by atoms with Crippen LogP contribution in [0.5, 0.6) is 0 Å². The number of nitro groups is 1. The van der Waals surface area contributed by atoms with E-state index < -0.39 is 0 Å². The van der Waals surface area contributed by atoms with Crippen LogP contribution in [0.2, 0.25) is 0 Å². The predicted molar refractivity (Wildman–Crippen MR) is 76.2 cm³/mol. The van der Waals surface area contributed by atoms with Crippen LogP contribution in [0.3, 0.4) is 0 Å². The monoisotopic (exact) mass is 256 g/mol. The fourth-order valence-corrected chi connectivity index (χ4v) is 2.03. The van der Waals surface area contributed by atoms with Gasteiger partial charge in [-0.15, -0.1) is 0 Å². The highest BCUT2D eigenvalue weighted by molar-refractivity contribution is 5.77. The zero-order valence-corrected chi connectivity index (χ0v) is 11.3. The first kappa shape index (κ1) is 13.1. The van der Waals surface area contributed by atoms with E-state index in [1.807, 2.05) is 37.6 Å². The Bertz CT molecular complexity index is 640. The molecule has 0 saturated carbocycles. The number of aryl methyl sites for hydroxylation is 1. The molecule has 0 unspecified atom stereocenters. The van der Waals surface area contributed by atoms with E-state index in [4.69, 9.17) is 0 Å². The maximum absolute atomic E-state index is 11.2. The van der Waals surface area contributed by atoms with Gasteiger partial charge in [-0.25, -0.2) is 0 Å². The van der Waals surface area contributed by atoms with Crippen LogP contribution in [0.4, 0.5) is 0 Å². The van der Waals surface area contributed by atoms with Crippen LogP contribution in [0.15, 0.2) is 36.4 Å². The largest absolute Gasteiger partial charge is 0.352 e. The lowest BCUT2D eigenvalue weighted by atomic mass is 10.1. The molecule has 98 valence electrons. The Kier molecular flexibility index (Phi) is 3.51. The molecule has 1 aromatic carbocycles. The zero-order chi connectivity index (χ0) is 14.0. The average molecular weight is 256 g/mol. The molecule has 0 radical (unpaired) electrons. The molecule has 0 fully saturated rings. The van der Waals surface area contributed by atoms with Crippen LogP contribution in [-0.4, -0.2) is 9.49 Å². The Hall–Kier alpha value is -2.36. The summed E-state index contributed by atoms with van der Waals surface area (Å²) in [5.74, 6) is 0. The highest BCUT2D eigenvalue weighted by Crippen LogP contribution is 2.22. The van der Waals surface area contributed by atoms with Crippen molar-refractivity contribution in [3.8, 4) is 0 Å². The molecule has 1 aromatic heterocycles. The Morgan fingerprint density at radius 1 is 1.26 bits per heavy atom. The van der Waals surface area contributed by atoms with E-state index in [0.29, 0.717) is 5.56 Å². The molecule has 0 aliphatic carbocycles. The van der Waals surface area contributed by atoms with E-state index in [2.05, 4.69) is 0 Å². The van der Waals surface area contributed by atoms with Crippen molar-refractivity contribution in [3.05, 3.63) is 69.0 Å². The number of hydrogen-bond donors (Lipinski definition) is 0. The van der Waals surface area contributed by atoms with Gasteiger partial charge >= 0.3 is 0 Å². The summed E-state index contributed by atoms with van der Waals surface area (Å²) >= 11 is 0. The normalized spacial score (nSPS) is 11.6. The van der Waals surface area contributed by atoms with Crippen LogP contribution >= 0.6 is 0 Å². The Labute approximate surface area is 112 Å². The smallest absolute Gasteiger partial charge is 0.277 e. The third-order valence-corrected chi connectivity index (χ3v) is 3.37. The third kappa shape index (κ3) is 2.57. The molecule has 4 heteroatoms. The van der Waals surface area contributed by atoms with Crippen molar-refractivity contribution in [3.63, 3.8) is 0 Å². The van der Waals surface area contributed by atoms with E-state index >= 15 is 0 Å². The number of hydrogen-bond acceptors (Lipinski definition) is 2. The van der Waals surface area contributed by atoms with Crippen LogP contribution in [-0.2, 0) is 7.05 Å². The van der Waals surface area contributed by atoms with Gasteiger partial charge in [-0.1, -0.05) is 18.2 Å². The summed E-state index contributed by atoms with van der Waals surface area (Å²) in [4.78, 5) is 10.9. The number of rotatable bonds is 3. The van der Waals surface area contributed by atoms with Crippen molar-refractivity contribution in [1.29, 1.82) is 0 Å². The molecule has 2 rings (SSSR count). The summed E-state index contributed by atoms with van der Waals surface area (Å²) in [7, 11) is 1.95. The van der Waals surface area contributed by atoms with Crippen LogP contribution in [0.25, 0.3) is 11.8 Å². The first-order valence-electron chi connectivity index (χ1n) is 6.05. The van der Waals surface area contributed by atoms with Crippen molar-refractivity contribution in [2.75, 3.05) is 0 Å². The Morgan fingerprint density at radius 2 is 1.89 bits per heavy atom. The van der Waals surface area contributed by atoms with E-state index in [9.17, 15) is 10.1 Å². The third-order valence-electron chi connectivity index (χ3n) is 3.37. The summed E-state index contributed by atoms with van der Waals surface area (Å²) < 4.78 is 2.02. The first-order valence-corrected chi connectivity index (χ1v) is 6.05. The molecule has 0 spiro atoms. The van der Waals surface area contributed by atoms with Crippen molar-refractivity contribution in [1.82, 2.24) is 4.57 Å². The SMILES string of the molecule is Cc1cc(/C=C(\c2ccccc2)[N+](=O)[O-])c(C)n1C. The zero-order valence-electron chi connectivity index (χ0n) is 11.3. The summed E-state index contributed by atoms with van der Waals surface area (Å²) in [5.41, 5.74) is 3.73. The van der Waals surface area contributed by atoms with Gasteiger partial charge in [-0.05, 0) is 32.0 Å². The number of aromatic nitrogens is 1. The van der Waals surface area contributed by atoms with Crippen LogP contribution in [0.1, 0.15) is 22.5 Å². The van der Waals surface area contributed by atoms with Gasteiger partial charge in [0.15, 0.2) is 0 Å². The molecule has 0 bridgehead atoms. The Morgan fingerprint density at radius 3 is 2.37 bits per heavy atom. The maximum Gasteiger partial charge on any atom is 0.277 e. The highest BCUT2D eigenvalue weighted by Gasteiger charge is 2.15. The minimum atomic E-state index is -0.336. The number of benzene rings is 1. The molecule has 0 aliphatic heterocycles. The molecule has 4 nitrogen and oxygen atoms in total. The summed E-state index contributed by atoms with van der Waals surface area (Å²) in [6, 6.07) is 10.9. The standard InChI is InChI=1S/C15H16N2O2/c1-11-9-14(12(2)16(11)3)10-15(17(18)19)13-7-5-4-6-8-13/h4-10H,1-3H3/b15-10+. The van der Waals surface area contributed by atoms with Gasteiger partial charge in [0.2, 0.25) is 0 Å². The van der Waals surface area contributed by atoms with Gasteiger partial charge in [-0.2, -0.15) is 0 Å². The van der Waals surface area contributed by atoms with E-state index in [1.54, 1.807) is 30.3 Å². The second kappa shape index (κ2) is 5.10.